The summed E-state index contributed by atoms with van der Waals surface area (Å²) in [6, 6.07) is -0.495. The van der Waals surface area contributed by atoms with E-state index in [0.29, 0.717) is 12.5 Å². The quantitative estimate of drug-likeness (QED) is 0.790. The van der Waals surface area contributed by atoms with Crippen LogP contribution >= 0.6 is 0 Å². The molecule has 1 atom stereocenters. The van der Waals surface area contributed by atoms with Gasteiger partial charge in [0, 0.05) is 20.6 Å². The number of carbonyl (C=O) groups excluding carboxylic acids is 2. The summed E-state index contributed by atoms with van der Waals surface area (Å²) in [5.41, 5.74) is 5.36. The van der Waals surface area contributed by atoms with Gasteiger partial charge in [-0.05, 0) is 38.5 Å². The molecule has 0 aromatic heterocycles. The van der Waals surface area contributed by atoms with Gasteiger partial charge in [-0.25, -0.2) is 0 Å². The van der Waals surface area contributed by atoms with Crippen LogP contribution in [0.4, 0.5) is 0 Å². The lowest BCUT2D eigenvalue weighted by Gasteiger charge is -2.37. The molecule has 19 heavy (non-hydrogen) atoms. The Morgan fingerprint density at radius 3 is 2.32 bits per heavy atom. The fourth-order valence-corrected chi connectivity index (χ4v) is 2.64. The third-order valence-corrected chi connectivity index (χ3v) is 4.26. The Morgan fingerprint density at radius 1 is 1.37 bits per heavy atom. The van der Waals surface area contributed by atoms with Gasteiger partial charge in [0.25, 0.3) is 0 Å². The van der Waals surface area contributed by atoms with Crippen molar-refractivity contribution in [2.24, 2.45) is 17.1 Å². The molecule has 1 fully saturated rings. The lowest BCUT2D eigenvalue weighted by Crippen LogP contribution is -2.53. The number of carbonyl (C=O) groups is 2. The Kier molecular flexibility index (Phi) is 5.35. The molecule has 0 radical (unpaired) electrons. The zero-order valence-electron chi connectivity index (χ0n) is 12.5. The van der Waals surface area contributed by atoms with E-state index in [0.717, 1.165) is 25.7 Å². The number of hydrogen-bond donors (Lipinski definition) is 2. The van der Waals surface area contributed by atoms with Crippen molar-refractivity contribution in [2.45, 2.75) is 45.6 Å². The van der Waals surface area contributed by atoms with Crippen molar-refractivity contribution in [3.05, 3.63) is 0 Å². The molecule has 0 aromatic rings. The molecular weight excluding hydrogens is 242 g/mol. The largest absolute Gasteiger partial charge is 0.347 e. The van der Waals surface area contributed by atoms with E-state index in [1.165, 1.54) is 4.90 Å². The molecule has 5 nitrogen and oxygen atoms in total. The maximum atomic E-state index is 12.4. The molecule has 0 bridgehead atoms. The second kappa shape index (κ2) is 6.37. The molecule has 1 unspecified atom stereocenters. The number of rotatable bonds is 4. The van der Waals surface area contributed by atoms with Crippen LogP contribution in [0.5, 0.6) is 0 Å². The predicted molar refractivity (Wildman–Crippen MR) is 75.4 cm³/mol. The van der Waals surface area contributed by atoms with Crippen LogP contribution in [0.1, 0.15) is 39.5 Å². The van der Waals surface area contributed by atoms with Gasteiger partial charge in [0.15, 0.2) is 0 Å². The highest BCUT2D eigenvalue weighted by Crippen LogP contribution is 2.38. The minimum absolute atomic E-state index is 0.0652. The van der Waals surface area contributed by atoms with E-state index >= 15 is 0 Å². The highest BCUT2D eigenvalue weighted by Gasteiger charge is 2.40. The first-order chi connectivity index (χ1) is 8.82. The Labute approximate surface area is 115 Å². The Balaban J connectivity index is 2.67. The van der Waals surface area contributed by atoms with E-state index in [1.807, 2.05) is 0 Å². The molecule has 0 aliphatic heterocycles. The number of nitrogens with two attached hydrogens (primary N) is 1. The summed E-state index contributed by atoms with van der Waals surface area (Å²) in [4.78, 5) is 25.7. The van der Waals surface area contributed by atoms with Gasteiger partial charge >= 0.3 is 0 Å². The summed E-state index contributed by atoms with van der Waals surface area (Å²) in [5, 5.41) is 2.83. The standard InChI is InChI=1S/C14H27N3O2/c1-10-5-7-14(9-15,8-6-10)13(19)16-11(2)12(18)17(3)4/h10-11H,5-9,15H2,1-4H3,(H,16,19). The predicted octanol–water partition coefficient (Wildman–Crippen LogP) is 0.735. The molecule has 1 aliphatic carbocycles. The highest BCUT2D eigenvalue weighted by molar-refractivity contribution is 5.89. The summed E-state index contributed by atoms with van der Waals surface area (Å²) in [6.07, 6.45) is 3.69. The van der Waals surface area contributed by atoms with Gasteiger partial charge in [-0.15, -0.1) is 0 Å². The smallest absolute Gasteiger partial charge is 0.244 e. The number of nitrogens with zero attached hydrogens (tertiary/aromatic N) is 1. The van der Waals surface area contributed by atoms with Crippen molar-refractivity contribution in [1.29, 1.82) is 0 Å². The summed E-state index contributed by atoms with van der Waals surface area (Å²) in [6.45, 7) is 4.28. The maximum Gasteiger partial charge on any atom is 0.244 e. The third kappa shape index (κ3) is 3.69. The molecule has 1 rings (SSSR count). The summed E-state index contributed by atoms with van der Waals surface area (Å²) in [7, 11) is 3.37. The molecule has 1 saturated carbocycles. The number of likely N-dealkylation sites (N-methyl/N-ethyl adjacent to an activating group) is 1. The van der Waals surface area contributed by atoms with Gasteiger partial charge in [-0.2, -0.15) is 0 Å². The van der Waals surface area contributed by atoms with Gasteiger partial charge in [0.05, 0.1) is 5.41 Å². The van der Waals surface area contributed by atoms with Gasteiger partial charge < -0.3 is 16.0 Å². The van der Waals surface area contributed by atoms with Crippen molar-refractivity contribution < 1.29 is 9.59 Å². The average Bonchev–Trinajstić information content (AvgIpc) is 2.38. The molecule has 0 aromatic carbocycles. The Hall–Kier alpha value is -1.10. The van der Waals surface area contributed by atoms with Crippen LogP contribution < -0.4 is 11.1 Å². The van der Waals surface area contributed by atoms with E-state index < -0.39 is 11.5 Å². The first-order valence-electron chi connectivity index (χ1n) is 7.04. The molecule has 5 heteroatoms. The summed E-state index contributed by atoms with van der Waals surface area (Å²) >= 11 is 0. The SMILES string of the molecule is CC1CCC(CN)(C(=O)NC(C)C(=O)N(C)C)CC1. The number of nitrogens with one attached hydrogen (secondary N) is 1. The number of amides is 2. The lowest BCUT2D eigenvalue weighted by molar-refractivity contribution is -0.139. The zero-order valence-corrected chi connectivity index (χ0v) is 12.5. The first-order valence-corrected chi connectivity index (χ1v) is 7.04. The van der Waals surface area contributed by atoms with Crippen LogP contribution in [0, 0.1) is 11.3 Å². The van der Waals surface area contributed by atoms with Crippen molar-refractivity contribution in [3.8, 4) is 0 Å². The Bertz CT molecular complexity index is 334. The number of hydrogen-bond acceptors (Lipinski definition) is 3. The minimum atomic E-state index is -0.495. The molecule has 3 N–H and O–H groups in total. The maximum absolute atomic E-state index is 12.4. The van der Waals surface area contributed by atoms with Crippen molar-refractivity contribution >= 4 is 11.8 Å². The minimum Gasteiger partial charge on any atom is -0.347 e. The fourth-order valence-electron chi connectivity index (χ4n) is 2.64. The zero-order chi connectivity index (χ0) is 14.6. The van der Waals surface area contributed by atoms with Gasteiger partial charge in [-0.3, -0.25) is 9.59 Å². The second-order valence-electron chi connectivity index (χ2n) is 6.09. The highest BCUT2D eigenvalue weighted by atomic mass is 16.2. The van der Waals surface area contributed by atoms with E-state index in [1.54, 1.807) is 21.0 Å². The van der Waals surface area contributed by atoms with Crippen molar-refractivity contribution in [1.82, 2.24) is 10.2 Å². The van der Waals surface area contributed by atoms with E-state index in [-0.39, 0.29) is 11.8 Å². The lowest BCUT2D eigenvalue weighted by atomic mass is 9.70. The monoisotopic (exact) mass is 269 g/mol. The van der Waals surface area contributed by atoms with Gasteiger partial charge in [-0.1, -0.05) is 6.92 Å². The molecule has 0 heterocycles. The molecule has 0 saturated heterocycles. The van der Waals surface area contributed by atoms with E-state index in [9.17, 15) is 9.59 Å². The topological polar surface area (TPSA) is 75.4 Å². The molecule has 2 amide bonds. The Morgan fingerprint density at radius 2 is 1.89 bits per heavy atom. The van der Waals surface area contributed by atoms with Crippen LogP contribution in [0.2, 0.25) is 0 Å². The van der Waals surface area contributed by atoms with Gasteiger partial charge in [0.1, 0.15) is 6.04 Å². The van der Waals surface area contributed by atoms with Crippen LogP contribution in [-0.2, 0) is 9.59 Å². The second-order valence-corrected chi connectivity index (χ2v) is 6.09. The van der Waals surface area contributed by atoms with Crippen LogP contribution in [0.15, 0.2) is 0 Å². The normalized spacial score (nSPS) is 28.6. The molecular formula is C14H27N3O2. The molecule has 0 spiro atoms. The third-order valence-electron chi connectivity index (χ3n) is 4.26. The van der Waals surface area contributed by atoms with Crippen LogP contribution in [-0.4, -0.2) is 43.4 Å². The average molecular weight is 269 g/mol. The van der Waals surface area contributed by atoms with Gasteiger partial charge in [0.2, 0.25) is 11.8 Å². The van der Waals surface area contributed by atoms with Crippen LogP contribution in [0.25, 0.3) is 0 Å². The van der Waals surface area contributed by atoms with Crippen molar-refractivity contribution in [2.75, 3.05) is 20.6 Å². The molecule has 110 valence electrons. The molecule has 1 aliphatic rings. The van der Waals surface area contributed by atoms with E-state index in [2.05, 4.69) is 12.2 Å². The van der Waals surface area contributed by atoms with E-state index in [4.69, 9.17) is 5.73 Å². The fraction of sp³-hybridized carbons (Fsp3) is 0.857. The summed E-state index contributed by atoms with van der Waals surface area (Å²) < 4.78 is 0. The summed E-state index contributed by atoms with van der Waals surface area (Å²) in [5.74, 6) is 0.502. The first kappa shape index (κ1) is 16.0. The van der Waals surface area contributed by atoms with Crippen molar-refractivity contribution in [3.63, 3.8) is 0 Å². The van der Waals surface area contributed by atoms with Crippen LogP contribution in [0.3, 0.4) is 0 Å².